The number of nitrogens with zero attached hydrogens (tertiary/aromatic N) is 2. The van der Waals surface area contributed by atoms with E-state index in [-0.39, 0.29) is 0 Å². The minimum atomic E-state index is 0.411. The molecule has 1 aliphatic carbocycles. The lowest BCUT2D eigenvalue weighted by molar-refractivity contribution is 0.247. The van der Waals surface area contributed by atoms with Crippen LogP contribution in [-0.2, 0) is 0 Å². The molecule has 3 nitrogen and oxygen atoms in total. The first-order valence-electron chi connectivity index (χ1n) is 3.61. The van der Waals surface area contributed by atoms with Crippen molar-refractivity contribution in [3.63, 3.8) is 0 Å². The zero-order valence-corrected chi connectivity index (χ0v) is 5.77. The largest absolute Gasteiger partial charge is 0.328 e. The van der Waals surface area contributed by atoms with E-state index in [1.54, 1.807) is 0 Å². The zero-order chi connectivity index (χ0) is 6.97. The Bertz CT molecular complexity index is 199. The molecule has 1 aromatic rings. The average molecular weight is 137 g/mol. The van der Waals surface area contributed by atoms with Gasteiger partial charge in [-0.05, 0) is 18.9 Å². The van der Waals surface area contributed by atoms with E-state index in [2.05, 4.69) is 5.10 Å². The fraction of sp³-hybridized carbons (Fsp3) is 0.571. The maximum Gasteiger partial charge on any atom is 0.0548 e. The molecule has 3 heteroatoms. The summed E-state index contributed by atoms with van der Waals surface area (Å²) in [7, 11) is 0. The standard InChI is InChI=1S/C7H11N3/c8-6-4-7(5-6)10-3-1-2-9-10/h1-3,6-7H,4-5,8H2/t6-,7-. The molecule has 1 heterocycles. The van der Waals surface area contributed by atoms with Gasteiger partial charge in [0.15, 0.2) is 0 Å². The minimum absolute atomic E-state index is 0.411. The number of rotatable bonds is 1. The van der Waals surface area contributed by atoms with Crippen LogP contribution in [0.4, 0.5) is 0 Å². The van der Waals surface area contributed by atoms with Crippen LogP contribution in [0, 0.1) is 0 Å². The normalized spacial score (nSPS) is 31.7. The van der Waals surface area contributed by atoms with Gasteiger partial charge in [0.25, 0.3) is 0 Å². The molecule has 0 atom stereocenters. The molecule has 2 N–H and O–H groups in total. The summed E-state index contributed by atoms with van der Waals surface area (Å²) < 4.78 is 1.99. The molecule has 1 fully saturated rings. The first-order chi connectivity index (χ1) is 4.86. The Labute approximate surface area is 59.8 Å². The summed E-state index contributed by atoms with van der Waals surface area (Å²) in [5.41, 5.74) is 5.63. The van der Waals surface area contributed by atoms with Crippen molar-refractivity contribution in [2.24, 2.45) is 5.73 Å². The maximum absolute atomic E-state index is 5.63. The fourth-order valence-electron chi connectivity index (χ4n) is 1.34. The van der Waals surface area contributed by atoms with Gasteiger partial charge in [-0.3, -0.25) is 4.68 Å². The van der Waals surface area contributed by atoms with E-state index in [1.165, 1.54) is 0 Å². The van der Waals surface area contributed by atoms with Crippen molar-refractivity contribution < 1.29 is 0 Å². The molecule has 0 amide bonds. The number of hydrogen-bond acceptors (Lipinski definition) is 2. The van der Waals surface area contributed by atoms with Crippen LogP contribution >= 0.6 is 0 Å². The Morgan fingerprint density at radius 2 is 2.30 bits per heavy atom. The molecule has 0 radical (unpaired) electrons. The highest BCUT2D eigenvalue weighted by Gasteiger charge is 2.27. The van der Waals surface area contributed by atoms with Crippen LogP contribution in [-0.4, -0.2) is 15.8 Å². The molecule has 1 saturated carbocycles. The van der Waals surface area contributed by atoms with Gasteiger partial charge in [-0.25, -0.2) is 0 Å². The first kappa shape index (κ1) is 5.92. The SMILES string of the molecule is N[C@H]1C[C@H](n2cccn2)C1. The first-order valence-corrected chi connectivity index (χ1v) is 3.61. The van der Waals surface area contributed by atoms with Crippen molar-refractivity contribution in [2.45, 2.75) is 24.9 Å². The van der Waals surface area contributed by atoms with Crippen LogP contribution in [0.3, 0.4) is 0 Å². The summed E-state index contributed by atoms with van der Waals surface area (Å²) in [4.78, 5) is 0. The van der Waals surface area contributed by atoms with Gasteiger partial charge in [-0.15, -0.1) is 0 Å². The minimum Gasteiger partial charge on any atom is -0.328 e. The average Bonchev–Trinajstić information content (AvgIpc) is 2.31. The van der Waals surface area contributed by atoms with Gasteiger partial charge in [0.1, 0.15) is 0 Å². The molecule has 0 aromatic carbocycles. The Balaban J connectivity index is 2.04. The second-order valence-electron chi connectivity index (χ2n) is 2.87. The summed E-state index contributed by atoms with van der Waals surface area (Å²) in [6, 6.07) is 2.93. The second-order valence-corrected chi connectivity index (χ2v) is 2.87. The molecular formula is C7H11N3. The van der Waals surface area contributed by atoms with Gasteiger partial charge >= 0.3 is 0 Å². The van der Waals surface area contributed by atoms with Crippen LogP contribution in [0.5, 0.6) is 0 Å². The lowest BCUT2D eigenvalue weighted by atomic mass is 9.88. The van der Waals surface area contributed by atoms with E-state index in [0.29, 0.717) is 12.1 Å². The summed E-state index contributed by atoms with van der Waals surface area (Å²) in [6.07, 6.45) is 5.98. The second kappa shape index (κ2) is 2.09. The van der Waals surface area contributed by atoms with Crippen LogP contribution in [0.25, 0.3) is 0 Å². The molecule has 0 unspecified atom stereocenters. The molecule has 0 saturated heterocycles. The molecule has 1 aromatic heterocycles. The summed E-state index contributed by atoms with van der Waals surface area (Å²) >= 11 is 0. The Kier molecular flexibility index (Phi) is 1.24. The Morgan fingerprint density at radius 3 is 2.80 bits per heavy atom. The quantitative estimate of drug-likeness (QED) is 0.614. The van der Waals surface area contributed by atoms with Crippen molar-refractivity contribution >= 4 is 0 Å². The fourth-order valence-corrected chi connectivity index (χ4v) is 1.34. The van der Waals surface area contributed by atoms with Crippen LogP contribution < -0.4 is 5.73 Å². The molecule has 10 heavy (non-hydrogen) atoms. The van der Waals surface area contributed by atoms with Crippen LogP contribution in [0.15, 0.2) is 18.5 Å². The van der Waals surface area contributed by atoms with Gasteiger partial charge in [0, 0.05) is 18.4 Å². The molecule has 54 valence electrons. The summed E-state index contributed by atoms with van der Waals surface area (Å²) in [6.45, 7) is 0. The zero-order valence-electron chi connectivity index (χ0n) is 5.77. The molecule has 2 rings (SSSR count). The molecule has 0 aliphatic heterocycles. The van der Waals surface area contributed by atoms with Gasteiger partial charge in [0.2, 0.25) is 0 Å². The van der Waals surface area contributed by atoms with Crippen molar-refractivity contribution in [1.29, 1.82) is 0 Å². The van der Waals surface area contributed by atoms with Crippen molar-refractivity contribution in [3.8, 4) is 0 Å². The van der Waals surface area contributed by atoms with E-state index in [4.69, 9.17) is 5.73 Å². The van der Waals surface area contributed by atoms with E-state index < -0.39 is 0 Å². The molecule has 0 spiro atoms. The third-order valence-corrected chi connectivity index (χ3v) is 2.05. The van der Waals surface area contributed by atoms with Gasteiger partial charge in [-0.1, -0.05) is 0 Å². The highest BCUT2D eigenvalue weighted by molar-refractivity contribution is 4.90. The Hall–Kier alpha value is -0.830. The summed E-state index contributed by atoms with van der Waals surface area (Å²) in [5, 5.41) is 4.13. The number of hydrogen-bond donors (Lipinski definition) is 1. The van der Waals surface area contributed by atoms with Crippen LogP contribution in [0.2, 0.25) is 0 Å². The van der Waals surface area contributed by atoms with Crippen molar-refractivity contribution in [1.82, 2.24) is 9.78 Å². The third kappa shape index (κ3) is 0.827. The highest BCUT2D eigenvalue weighted by Crippen LogP contribution is 2.29. The summed E-state index contributed by atoms with van der Waals surface area (Å²) in [5.74, 6) is 0. The van der Waals surface area contributed by atoms with E-state index in [1.807, 2.05) is 23.1 Å². The van der Waals surface area contributed by atoms with Gasteiger partial charge in [-0.2, -0.15) is 5.10 Å². The van der Waals surface area contributed by atoms with Gasteiger partial charge < -0.3 is 5.73 Å². The Morgan fingerprint density at radius 1 is 1.50 bits per heavy atom. The van der Waals surface area contributed by atoms with Crippen molar-refractivity contribution in [2.75, 3.05) is 0 Å². The van der Waals surface area contributed by atoms with Crippen molar-refractivity contribution in [3.05, 3.63) is 18.5 Å². The van der Waals surface area contributed by atoms with Gasteiger partial charge in [0.05, 0.1) is 6.04 Å². The number of aromatic nitrogens is 2. The molecule has 0 bridgehead atoms. The van der Waals surface area contributed by atoms with E-state index in [0.717, 1.165) is 12.8 Å². The lowest BCUT2D eigenvalue weighted by Crippen LogP contribution is -2.37. The van der Waals surface area contributed by atoms with E-state index >= 15 is 0 Å². The van der Waals surface area contributed by atoms with Crippen LogP contribution in [0.1, 0.15) is 18.9 Å². The molecule has 1 aliphatic rings. The van der Waals surface area contributed by atoms with E-state index in [9.17, 15) is 0 Å². The molecular weight excluding hydrogens is 126 g/mol. The predicted molar refractivity (Wildman–Crippen MR) is 38.5 cm³/mol. The predicted octanol–water partition coefficient (Wildman–Crippen LogP) is 0.545. The maximum atomic E-state index is 5.63. The topological polar surface area (TPSA) is 43.8 Å². The third-order valence-electron chi connectivity index (χ3n) is 2.05. The number of nitrogens with two attached hydrogens (primary N) is 1. The monoisotopic (exact) mass is 137 g/mol. The lowest BCUT2D eigenvalue weighted by Gasteiger charge is -2.32. The smallest absolute Gasteiger partial charge is 0.0548 e. The highest BCUT2D eigenvalue weighted by atomic mass is 15.3.